The quantitative estimate of drug-likeness (QED) is 0.658. The highest BCUT2D eigenvalue weighted by Crippen LogP contribution is 2.38. The van der Waals surface area contributed by atoms with Gasteiger partial charge in [0.25, 0.3) is 5.69 Å². The molecule has 0 fully saturated rings. The fourth-order valence-corrected chi connectivity index (χ4v) is 2.89. The molecule has 25 heavy (non-hydrogen) atoms. The second kappa shape index (κ2) is 6.87. The minimum absolute atomic E-state index is 0.0956. The molecule has 8 heteroatoms. The van der Waals surface area contributed by atoms with Gasteiger partial charge in [0.1, 0.15) is 13.2 Å². The molecule has 2 aromatic carbocycles. The van der Waals surface area contributed by atoms with E-state index < -0.39 is 4.92 Å². The van der Waals surface area contributed by atoms with Gasteiger partial charge in [-0.05, 0) is 30.7 Å². The molecule has 0 bridgehead atoms. The van der Waals surface area contributed by atoms with Crippen molar-refractivity contribution in [2.24, 2.45) is 0 Å². The Kier molecular flexibility index (Phi) is 4.63. The van der Waals surface area contributed by atoms with Gasteiger partial charge < -0.3 is 14.8 Å². The lowest BCUT2D eigenvalue weighted by Crippen LogP contribution is -2.16. The summed E-state index contributed by atoms with van der Waals surface area (Å²) in [5.41, 5.74) is 1.95. The van der Waals surface area contributed by atoms with E-state index >= 15 is 0 Å². The van der Waals surface area contributed by atoms with Crippen LogP contribution < -0.4 is 14.8 Å². The largest absolute Gasteiger partial charge is 0.486 e. The molecule has 1 heterocycles. The Morgan fingerprint density at radius 2 is 2.08 bits per heavy atom. The van der Waals surface area contributed by atoms with Crippen LogP contribution in [0.5, 0.6) is 11.5 Å². The molecule has 0 atom stereocenters. The summed E-state index contributed by atoms with van der Waals surface area (Å²) in [4.78, 5) is 10.6. The number of nitro benzene ring substituents is 1. The molecule has 1 aliphatic rings. The van der Waals surface area contributed by atoms with Crippen LogP contribution in [0.15, 0.2) is 24.3 Å². The van der Waals surface area contributed by atoms with Crippen molar-refractivity contribution in [3.8, 4) is 17.6 Å². The maximum atomic E-state index is 11.1. The smallest absolute Gasteiger partial charge is 0.275 e. The standard InChI is InChI=1S/C17H14ClN3O4/c1-10-14(5-11(8-19)6-15(10)21(22)23)20-9-12-4-13(18)17-16(7-12)24-2-3-25-17/h4-7,20H,2-3,9H2,1H3. The molecular formula is C17H14ClN3O4. The molecule has 0 spiro atoms. The van der Waals surface area contributed by atoms with Crippen LogP contribution in [0, 0.1) is 28.4 Å². The van der Waals surface area contributed by atoms with Crippen molar-refractivity contribution in [1.29, 1.82) is 5.26 Å². The Morgan fingerprint density at radius 1 is 1.32 bits per heavy atom. The van der Waals surface area contributed by atoms with E-state index in [-0.39, 0.29) is 11.3 Å². The highest BCUT2D eigenvalue weighted by Gasteiger charge is 2.18. The highest BCUT2D eigenvalue weighted by atomic mass is 35.5. The number of halogens is 1. The molecule has 0 radical (unpaired) electrons. The SMILES string of the molecule is Cc1c(NCc2cc(Cl)c3c(c2)OCCO3)cc(C#N)cc1[N+](=O)[O-]. The molecule has 7 nitrogen and oxygen atoms in total. The Morgan fingerprint density at radius 3 is 2.80 bits per heavy atom. The number of nitrogens with zero attached hydrogens (tertiary/aromatic N) is 2. The maximum absolute atomic E-state index is 11.1. The summed E-state index contributed by atoms with van der Waals surface area (Å²) >= 11 is 6.21. The number of benzene rings is 2. The maximum Gasteiger partial charge on any atom is 0.275 e. The van der Waals surface area contributed by atoms with E-state index in [0.29, 0.717) is 47.5 Å². The van der Waals surface area contributed by atoms with Gasteiger partial charge in [-0.15, -0.1) is 0 Å². The van der Waals surface area contributed by atoms with Gasteiger partial charge in [0.15, 0.2) is 11.5 Å². The number of nitriles is 1. The number of rotatable bonds is 4. The summed E-state index contributed by atoms with van der Waals surface area (Å²) in [5, 5.41) is 23.8. The first-order chi connectivity index (χ1) is 12.0. The molecule has 2 aromatic rings. The summed E-state index contributed by atoms with van der Waals surface area (Å²) in [5.74, 6) is 1.10. The van der Waals surface area contributed by atoms with Crippen LogP contribution in [0.3, 0.4) is 0 Å². The number of ether oxygens (including phenoxy) is 2. The third kappa shape index (κ3) is 3.44. The van der Waals surface area contributed by atoms with Crippen LogP contribution in [-0.4, -0.2) is 18.1 Å². The molecule has 0 aromatic heterocycles. The van der Waals surface area contributed by atoms with Gasteiger partial charge in [-0.1, -0.05) is 11.6 Å². The molecule has 1 aliphatic heterocycles. The second-order valence-corrected chi connectivity index (χ2v) is 5.90. The van der Waals surface area contributed by atoms with Gasteiger partial charge in [0.05, 0.1) is 21.6 Å². The third-order valence-electron chi connectivity index (χ3n) is 3.85. The van der Waals surface area contributed by atoms with Gasteiger partial charge in [0, 0.05) is 23.9 Å². The van der Waals surface area contributed by atoms with Crippen molar-refractivity contribution in [1.82, 2.24) is 0 Å². The average molecular weight is 360 g/mol. The average Bonchev–Trinajstić information content (AvgIpc) is 2.60. The minimum Gasteiger partial charge on any atom is -0.486 e. The van der Waals surface area contributed by atoms with Crippen molar-refractivity contribution >= 4 is 23.0 Å². The Hall–Kier alpha value is -2.98. The fraction of sp³-hybridized carbons (Fsp3) is 0.235. The zero-order valence-electron chi connectivity index (χ0n) is 13.3. The predicted molar refractivity (Wildman–Crippen MR) is 92.3 cm³/mol. The summed E-state index contributed by atoms with van der Waals surface area (Å²) in [6.45, 7) is 2.91. The fourth-order valence-electron chi connectivity index (χ4n) is 2.60. The first kappa shape index (κ1) is 16.9. The van der Waals surface area contributed by atoms with Gasteiger partial charge in [-0.3, -0.25) is 10.1 Å². The third-order valence-corrected chi connectivity index (χ3v) is 4.13. The van der Waals surface area contributed by atoms with Crippen LogP contribution in [-0.2, 0) is 6.54 Å². The molecule has 1 N–H and O–H groups in total. The summed E-state index contributed by atoms with van der Waals surface area (Å²) < 4.78 is 11.0. The van der Waals surface area contributed by atoms with Crippen molar-refractivity contribution in [2.45, 2.75) is 13.5 Å². The van der Waals surface area contributed by atoms with Crippen LogP contribution in [0.25, 0.3) is 0 Å². The van der Waals surface area contributed by atoms with Gasteiger partial charge in [-0.25, -0.2) is 0 Å². The molecular weight excluding hydrogens is 346 g/mol. The summed E-state index contributed by atoms with van der Waals surface area (Å²) in [7, 11) is 0. The van der Waals surface area contributed by atoms with E-state index in [1.165, 1.54) is 6.07 Å². The summed E-state index contributed by atoms with van der Waals surface area (Å²) in [6.07, 6.45) is 0. The number of hydrogen-bond acceptors (Lipinski definition) is 6. The molecule has 0 saturated heterocycles. The lowest BCUT2D eigenvalue weighted by Gasteiger charge is -2.20. The Balaban J connectivity index is 1.87. The zero-order chi connectivity index (χ0) is 18.0. The van der Waals surface area contributed by atoms with Crippen LogP contribution >= 0.6 is 11.6 Å². The number of nitro groups is 1. The monoisotopic (exact) mass is 359 g/mol. The van der Waals surface area contributed by atoms with Crippen molar-refractivity contribution < 1.29 is 14.4 Å². The van der Waals surface area contributed by atoms with Crippen LogP contribution in [0.2, 0.25) is 5.02 Å². The Bertz CT molecular complexity index is 892. The molecule has 0 saturated carbocycles. The van der Waals surface area contributed by atoms with Crippen molar-refractivity contribution in [3.63, 3.8) is 0 Å². The number of hydrogen-bond donors (Lipinski definition) is 1. The Labute approximate surface area is 148 Å². The van der Waals surface area contributed by atoms with E-state index in [9.17, 15) is 10.1 Å². The zero-order valence-corrected chi connectivity index (χ0v) is 14.1. The van der Waals surface area contributed by atoms with E-state index in [1.807, 2.05) is 12.1 Å². The summed E-state index contributed by atoms with van der Waals surface area (Å²) in [6, 6.07) is 8.35. The van der Waals surface area contributed by atoms with Crippen LogP contribution in [0.4, 0.5) is 11.4 Å². The van der Waals surface area contributed by atoms with Gasteiger partial charge in [0.2, 0.25) is 0 Å². The van der Waals surface area contributed by atoms with Gasteiger partial charge in [-0.2, -0.15) is 5.26 Å². The molecule has 128 valence electrons. The second-order valence-electron chi connectivity index (χ2n) is 5.49. The lowest BCUT2D eigenvalue weighted by atomic mass is 10.1. The van der Waals surface area contributed by atoms with E-state index in [2.05, 4.69) is 5.32 Å². The van der Waals surface area contributed by atoms with Crippen molar-refractivity contribution in [2.75, 3.05) is 18.5 Å². The molecule has 0 unspecified atom stereocenters. The normalized spacial score (nSPS) is 12.4. The molecule has 0 aliphatic carbocycles. The molecule has 0 amide bonds. The number of fused-ring (bicyclic) bond motifs is 1. The molecule has 3 rings (SSSR count). The predicted octanol–water partition coefficient (Wildman–Crippen LogP) is 3.81. The minimum atomic E-state index is -0.498. The van der Waals surface area contributed by atoms with Gasteiger partial charge >= 0.3 is 0 Å². The van der Waals surface area contributed by atoms with E-state index in [1.54, 1.807) is 19.1 Å². The topological polar surface area (TPSA) is 97.4 Å². The number of anilines is 1. The van der Waals surface area contributed by atoms with E-state index in [0.717, 1.165) is 5.56 Å². The first-order valence-electron chi connectivity index (χ1n) is 7.50. The number of nitrogens with one attached hydrogen (secondary N) is 1. The highest BCUT2D eigenvalue weighted by molar-refractivity contribution is 6.32. The first-order valence-corrected chi connectivity index (χ1v) is 7.88. The van der Waals surface area contributed by atoms with Crippen molar-refractivity contribution in [3.05, 3.63) is 56.1 Å². The van der Waals surface area contributed by atoms with Crippen LogP contribution in [0.1, 0.15) is 16.7 Å². The van der Waals surface area contributed by atoms with E-state index in [4.69, 9.17) is 26.3 Å². The lowest BCUT2D eigenvalue weighted by molar-refractivity contribution is -0.385.